The smallest absolute Gasteiger partial charge is 0.281 e. The quantitative estimate of drug-likeness (QED) is 0.652. The van der Waals surface area contributed by atoms with Gasteiger partial charge >= 0.3 is 0 Å². The number of carbonyl (C=O) groups excluding carboxylic acids is 1. The van der Waals surface area contributed by atoms with Crippen molar-refractivity contribution in [2.75, 3.05) is 20.7 Å². The molecule has 29 heavy (non-hydrogen) atoms. The van der Waals surface area contributed by atoms with Gasteiger partial charge in [-0.1, -0.05) is 37.3 Å². The highest BCUT2D eigenvalue weighted by Gasteiger charge is 2.27. The van der Waals surface area contributed by atoms with Crippen LogP contribution in [0.25, 0.3) is 0 Å². The molecule has 0 bridgehead atoms. The second kappa shape index (κ2) is 10.3. The second-order valence-electron chi connectivity index (χ2n) is 7.32. The fraction of sp³-hybridized carbons (Fsp3) is 0.455. The first-order valence-electron chi connectivity index (χ1n) is 9.69. The summed E-state index contributed by atoms with van der Waals surface area (Å²) < 4.78 is 31.7. The second-order valence-corrected chi connectivity index (χ2v) is 7.32. The van der Waals surface area contributed by atoms with Gasteiger partial charge < -0.3 is 10.1 Å². The molecule has 0 aliphatic rings. The molecule has 0 saturated carbocycles. The van der Waals surface area contributed by atoms with E-state index in [4.69, 9.17) is 4.74 Å². The highest BCUT2D eigenvalue weighted by molar-refractivity contribution is 5.82. The molecule has 158 valence electrons. The van der Waals surface area contributed by atoms with E-state index in [0.717, 1.165) is 5.56 Å². The van der Waals surface area contributed by atoms with E-state index in [1.807, 2.05) is 56.3 Å². The highest BCUT2D eigenvalue weighted by Crippen LogP contribution is 2.21. The predicted octanol–water partition coefficient (Wildman–Crippen LogP) is 3.86. The predicted molar refractivity (Wildman–Crippen MR) is 109 cm³/mol. The number of amides is 1. The van der Waals surface area contributed by atoms with Gasteiger partial charge in [0, 0.05) is 6.42 Å². The largest absolute Gasteiger partial charge is 0.486 e. The van der Waals surface area contributed by atoms with Crippen LogP contribution in [0, 0.1) is 0 Å². The number of carbonyl (C=O) groups is 1. The molecule has 2 aromatic rings. The standard InChI is InChI=1S/C22H29F2N3O2/c1-5-22(23,24)15-29-18-11-12-19(25-14-18)16(2)26-21(28)20(27(3)4)13-17-9-7-6-8-10-17/h6-12,14,16,20H,5,13,15H2,1-4H3,(H,26,28). The molecule has 0 aliphatic carbocycles. The monoisotopic (exact) mass is 405 g/mol. The van der Waals surface area contributed by atoms with Crippen LogP contribution in [0.3, 0.4) is 0 Å². The Balaban J connectivity index is 1.96. The van der Waals surface area contributed by atoms with Crippen molar-refractivity contribution in [1.82, 2.24) is 15.2 Å². The van der Waals surface area contributed by atoms with Crippen molar-refractivity contribution < 1.29 is 18.3 Å². The van der Waals surface area contributed by atoms with Crippen LogP contribution in [0.1, 0.15) is 37.6 Å². The summed E-state index contributed by atoms with van der Waals surface area (Å²) in [5, 5.41) is 2.98. The minimum absolute atomic E-state index is 0.101. The van der Waals surface area contributed by atoms with Gasteiger partial charge in [0.2, 0.25) is 5.91 Å². The molecular formula is C22H29F2N3O2. The molecule has 1 aromatic carbocycles. The molecule has 0 radical (unpaired) electrons. The maximum atomic E-state index is 13.3. The lowest BCUT2D eigenvalue weighted by Gasteiger charge is -2.25. The van der Waals surface area contributed by atoms with Gasteiger partial charge in [-0.15, -0.1) is 0 Å². The number of aromatic nitrogens is 1. The number of hydrogen-bond acceptors (Lipinski definition) is 4. The Morgan fingerprint density at radius 1 is 1.21 bits per heavy atom. The van der Waals surface area contributed by atoms with Crippen LogP contribution in [0.4, 0.5) is 8.78 Å². The van der Waals surface area contributed by atoms with Gasteiger partial charge in [-0.3, -0.25) is 14.7 Å². The van der Waals surface area contributed by atoms with Crippen molar-refractivity contribution >= 4 is 5.91 Å². The molecule has 1 heterocycles. The van der Waals surface area contributed by atoms with Gasteiger partial charge in [0.15, 0.2) is 6.61 Å². The average Bonchev–Trinajstić information content (AvgIpc) is 2.71. The molecule has 0 spiro atoms. The van der Waals surface area contributed by atoms with Gasteiger partial charge in [0.1, 0.15) is 5.75 Å². The summed E-state index contributed by atoms with van der Waals surface area (Å²) in [4.78, 5) is 18.9. The molecule has 2 atom stereocenters. The summed E-state index contributed by atoms with van der Waals surface area (Å²) in [6.07, 6.45) is 1.72. The third-order valence-corrected chi connectivity index (χ3v) is 4.73. The van der Waals surface area contributed by atoms with Crippen LogP contribution in [-0.2, 0) is 11.2 Å². The maximum Gasteiger partial charge on any atom is 0.281 e. The van der Waals surface area contributed by atoms with Gasteiger partial charge in [0.05, 0.1) is 24.0 Å². The normalized spacial score (nSPS) is 13.8. The van der Waals surface area contributed by atoms with E-state index < -0.39 is 12.5 Å². The summed E-state index contributed by atoms with van der Waals surface area (Å²) in [7, 11) is 3.74. The molecule has 2 rings (SSSR count). The molecule has 5 nitrogen and oxygen atoms in total. The third kappa shape index (κ3) is 7.09. The summed E-state index contributed by atoms with van der Waals surface area (Å²) in [6, 6.07) is 12.4. The van der Waals surface area contributed by atoms with Crippen LogP contribution < -0.4 is 10.1 Å². The topological polar surface area (TPSA) is 54.5 Å². The number of rotatable bonds is 10. The average molecular weight is 405 g/mol. The van der Waals surface area contributed by atoms with E-state index >= 15 is 0 Å². The van der Waals surface area contributed by atoms with E-state index in [-0.39, 0.29) is 30.2 Å². The van der Waals surface area contributed by atoms with Crippen molar-refractivity contribution in [2.45, 2.75) is 44.7 Å². The fourth-order valence-electron chi connectivity index (χ4n) is 2.75. The van der Waals surface area contributed by atoms with Crippen LogP contribution >= 0.6 is 0 Å². The molecule has 1 N–H and O–H groups in total. The van der Waals surface area contributed by atoms with E-state index in [1.54, 1.807) is 12.1 Å². The van der Waals surface area contributed by atoms with E-state index in [0.29, 0.717) is 12.1 Å². The van der Waals surface area contributed by atoms with Crippen LogP contribution in [-0.4, -0.2) is 48.5 Å². The Labute approximate surface area is 171 Å². The maximum absolute atomic E-state index is 13.3. The Bertz CT molecular complexity index is 767. The Kier molecular flexibility index (Phi) is 8.08. The lowest BCUT2D eigenvalue weighted by Crippen LogP contribution is -2.45. The molecule has 2 unspecified atom stereocenters. The number of nitrogens with zero attached hydrogens (tertiary/aromatic N) is 2. The molecule has 1 aromatic heterocycles. The number of nitrogens with one attached hydrogen (secondary N) is 1. The molecule has 7 heteroatoms. The first-order chi connectivity index (χ1) is 13.7. The first-order valence-corrected chi connectivity index (χ1v) is 9.69. The number of benzene rings is 1. The van der Waals surface area contributed by atoms with Gasteiger partial charge in [-0.05, 0) is 45.1 Å². The van der Waals surface area contributed by atoms with Crippen LogP contribution in [0.2, 0.25) is 0 Å². The van der Waals surface area contributed by atoms with Crippen molar-refractivity contribution in [3.8, 4) is 5.75 Å². The number of ether oxygens (including phenoxy) is 1. The number of likely N-dealkylation sites (N-methyl/N-ethyl adjacent to an activating group) is 1. The van der Waals surface area contributed by atoms with Crippen molar-refractivity contribution in [3.63, 3.8) is 0 Å². The van der Waals surface area contributed by atoms with Crippen LogP contribution in [0.5, 0.6) is 5.75 Å². The minimum Gasteiger partial charge on any atom is -0.486 e. The van der Waals surface area contributed by atoms with Gasteiger partial charge in [-0.2, -0.15) is 0 Å². The van der Waals surface area contributed by atoms with Crippen molar-refractivity contribution in [3.05, 3.63) is 59.9 Å². The highest BCUT2D eigenvalue weighted by atomic mass is 19.3. The van der Waals surface area contributed by atoms with Crippen molar-refractivity contribution in [1.29, 1.82) is 0 Å². The summed E-state index contributed by atoms with van der Waals surface area (Å²) in [6.45, 7) is 2.57. The Hall–Kier alpha value is -2.54. The zero-order valence-corrected chi connectivity index (χ0v) is 17.4. The van der Waals surface area contributed by atoms with E-state index in [1.165, 1.54) is 13.1 Å². The lowest BCUT2D eigenvalue weighted by atomic mass is 10.0. The molecular weight excluding hydrogens is 376 g/mol. The fourth-order valence-corrected chi connectivity index (χ4v) is 2.75. The van der Waals surface area contributed by atoms with Crippen LogP contribution in [0.15, 0.2) is 48.7 Å². The van der Waals surface area contributed by atoms with Gasteiger partial charge in [-0.25, -0.2) is 8.78 Å². The zero-order chi connectivity index (χ0) is 21.4. The Morgan fingerprint density at radius 2 is 1.90 bits per heavy atom. The lowest BCUT2D eigenvalue weighted by molar-refractivity contribution is -0.126. The molecule has 0 fully saturated rings. The first kappa shape index (κ1) is 22.7. The SMILES string of the molecule is CCC(F)(F)COc1ccc(C(C)NC(=O)C(Cc2ccccc2)N(C)C)nc1. The number of hydrogen-bond donors (Lipinski definition) is 1. The summed E-state index contributed by atoms with van der Waals surface area (Å²) >= 11 is 0. The number of halogens is 2. The van der Waals surface area contributed by atoms with E-state index in [2.05, 4.69) is 10.3 Å². The zero-order valence-electron chi connectivity index (χ0n) is 17.4. The summed E-state index contributed by atoms with van der Waals surface area (Å²) in [5.41, 5.74) is 1.71. The molecule has 0 saturated heterocycles. The Morgan fingerprint density at radius 3 is 2.45 bits per heavy atom. The summed E-state index contributed by atoms with van der Waals surface area (Å²) in [5.74, 6) is -2.69. The van der Waals surface area contributed by atoms with Crippen molar-refractivity contribution in [2.24, 2.45) is 0 Å². The number of pyridine rings is 1. The molecule has 1 amide bonds. The number of alkyl halides is 2. The molecule has 0 aliphatic heterocycles. The minimum atomic E-state index is -2.86. The third-order valence-electron chi connectivity index (χ3n) is 4.73. The van der Waals surface area contributed by atoms with E-state index in [9.17, 15) is 13.6 Å². The van der Waals surface area contributed by atoms with Gasteiger partial charge in [0.25, 0.3) is 5.92 Å².